The summed E-state index contributed by atoms with van der Waals surface area (Å²) in [5, 5.41) is 0. The Kier molecular flexibility index (Phi) is 40.0. The van der Waals surface area contributed by atoms with Gasteiger partial charge in [0.25, 0.3) is 0 Å². The van der Waals surface area contributed by atoms with Crippen molar-refractivity contribution in [3.05, 3.63) is 53.6 Å². The zero-order chi connectivity index (χ0) is 40.8. The average molecular weight is 841 g/mol. The number of ether oxygens (including phenoxy) is 2. The van der Waals surface area contributed by atoms with Gasteiger partial charge in [-0.05, 0) is 82.4 Å². The van der Waals surface area contributed by atoms with Gasteiger partial charge in [-0.1, -0.05) is 179 Å². The maximum atomic E-state index is 12.9. The van der Waals surface area contributed by atoms with E-state index in [4.69, 9.17) is 9.47 Å². The summed E-state index contributed by atoms with van der Waals surface area (Å²) < 4.78 is 45.8. The largest absolute Gasteiger partial charge is 1.00 e. The van der Waals surface area contributed by atoms with Gasteiger partial charge in [0, 0.05) is 0 Å². The predicted octanol–water partition coefficient (Wildman–Crippen LogP) is 11.5. The molecule has 1 rings (SSSR count). The van der Waals surface area contributed by atoms with Crippen LogP contribution in [-0.2, 0) is 19.6 Å². The summed E-state index contributed by atoms with van der Waals surface area (Å²) in [5.41, 5.74) is -0.345. The summed E-state index contributed by atoms with van der Waals surface area (Å²) in [5.74, 6) is -1.55. The number of benzene rings is 1. The maximum absolute atomic E-state index is 12.9. The van der Waals surface area contributed by atoms with Gasteiger partial charge in [0.1, 0.15) is 10.1 Å². The third-order valence-corrected chi connectivity index (χ3v) is 11.3. The molecule has 0 amide bonds. The fourth-order valence-corrected chi connectivity index (χ4v) is 7.41. The summed E-state index contributed by atoms with van der Waals surface area (Å²) in [6.07, 6.45) is 47.9. The van der Waals surface area contributed by atoms with E-state index in [0.717, 1.165) is 63.5 Å². The van der Waals surface area contributed by atoms with Crippen molar-refractivity contribution in [3.8, 4) is 0 Å². The first kappa shape index (κ1) is 56.2. The van der Waals surface area contributed by atoms with Crippen LogP contribution in [0.3, 0.4) is 0 Å². The molecule has 0 fully saturated rings. The predicted molar refractivity (Wildman–Crippen MR) is 232 cm³/mol. The van der Waals surface area contributed by atoms with Crippen molar-refractivity contribution < 1.29 is 83.4 Å². The average Bonchev–Trinajstić information content (AvgIpc) is 3.18. The van der Waals surface area contributed by atoms with Gasteiger partial charge in [-0.3, -0.25) is 0 Å². The Labute approximate surface area is 392 Å². The van der Waals surface area contributed by atoms with Crippen molar-refractivity contribution in [3.63, 3.8) is 0 Å². The second-order valence-corrected chi connectivity index (χ2v) is 17.1. The second kappa shape index (κ2) is 40.6. The zero-order valence-corrected chi connectivity index (χ0v) is 40.8. The smallest absolute Gasteiger partial charge is 0.744 e. The molecule has 0 saturated heterocycles. The van der Waals surface area contributed by atoms with Crippen LogP contribution in [0.5, 0.6) is 0 Å². The molecule has 0 heterocycles. The molecule has 1 aromatic rings. The van der Waals surface area contributed by atoms with Gasteiger partial charge < -0.3 is 14.0 Å². The van der Waals surface area contributed by atoms with E-state index in [0.29, 0.717) is 12.8 Å². The topological polar surface area (TPSA) is 110 Å². The van der Waals surface area contributed by atoms with Gasteiger partial charge in [0.05, 0.1) is 29.2 Å². The van der Waals surface area contributed by atoms with Crippen LogP contribution >= 0.6 is 0 Å². The van der Waals surface area contributed by atoms with E-state index in [9.17, 15) is 22.6 Å². The van der Waals surface area contributed by atoms with E-state index in [1.165, 1.54) is 147 Å². The summed E-state index contributed by atoms with van der Waals surface area (Å²) in [6, 6.07) is 3.13. The molecule has 322 valence electrons. The van der Waals surface area contributed by atoms with E-state index in [1.807, 2.05) is 0 Å². The molecule has 7 nitrogen and oxygen atoms in total. The fraction of sp³-hybridized carbons (Fsp3) is 0.750. The van der Waals surface area contributed by atoms with Crippen LogP contribution in [0, 0.1) is 0 Å². The van der Waals surface area contributed by atoms with E-state index >= 15 is 0 Å². The molecule has 0 saturated carbocycles. The molecule has 57 heavy (non-hydrogen) atoms. The third kappa shape index (κ3) is 33.6. The van der Waals surface area contributed by atoms with Gasteiger partial charge in [0.2, 0.25) is 0 Å². The van der Waals surface area contributed by atoms with Crippen LogP contribution in [0.4, 0.5) is 0 Å². The minimum absolute atomic E-state index is 0. The molecule has 0 bridgehead atoms. The normalized spacial score (nSPS) is 11.7. The summed E-state index contributed by atoms with van der Waals surface area (Å²) in [7, 11) is -4.82. The molecule has 0 aliphatic heterocycles. The van der Waals surface area contributed by atoms with E-state index in [2.05, 4.69) is 38.2 Å². The van der Waals surface area contributed by atoms with Crippen LogP contribution in [-0.4, -0.2) is 38.1 Å². The van der Waals surface area contributed by atoms with Crippen molar-refractivity contribution in [1.82, 2.24) is 0 Å². The Morgan fingerprint density at radius 2 is 0.772 bits per heavy atom. The Balaban J connectivity index is 0.0000314. The van der Waals surface area contributed by atoms with Gasteiger partial charge in [-0.2, -0.15) is 0 Å². The SMILES string of the molecule is CCCCCCCCC/C=C/CCCCCCCCCOC(=O)c1ccc(S(=O)(=O)[O-])cc1C(=O)OCCCCCCCCC/C=C/CCCCCCCCC.[K+]. The number of carbonyl (C=O) groups is 2. The number of esters is 2. The molecule has 0 N–H and O–H groups in total. The molecule has 0 aromatic heterocycles. The fourth-order valence-electron chi connectivity index (χ4n) is 6.92. The number of hydrogen-bond donors (Lipinski definition) is 0. The van der Waals surface area contributed by atoms with Crippen LogP contribution in [0.2, 0.25) is 0 Å². The molecular weight excluding hydrogens is 760 g/mol. The van der Waals surface area contributed by atoms with Gasteiger partial charge in [-0.25, -0.2) is 18.0 Å². The van der Waals surface area contributed by atoms with Gasteiger partial charge in [0.15, 0.2) is 0 Å². The first-order chi connectivity index (χ1) is 27.3. The first-order valence-corrected chi connectivity index (χ1v) is 24.5. The van der Waals surface area contributed by atoms with Crippen LogP contribution in [0.15, 0.2) is 47.4 Å². The Bertz CT molecular complexity index is 1280. The standard InChI is InChI=1S/C48H82O7S.K/c1-3-5-7-9-11-13-15-17-19-21-23-25-27-29-31-33-35-37-41-54-47(49)45-40-39-44(56(51,52)53)43-46(45)48(50)55-42-38-36-34-32-30-28-26-24-22-20-18-16-14-12-10-8-6-4-2;/h19-22,39-40,43H,3-18,23-38,41-42H2,1-2H3,(H,51,52,53);/q;+1/p-1/b21-19+,22-20+;. The number of carbonyl (C=O) groups excluding carboxylic acids is 2. The van der Waals surface area contributed by atoms with Crippen molar-refractivity contribution in [2.75, 3.05) is 13.2 Å². The molecule has 0 unspecified atom stereocenters. The van der Waals surface area contributed by atoms with Crippen LogP contribution in [0.25, 0.3) is 0 Å². The van der Waals surface area contributed by atoms with Crippen molar-refractivity contribution in [1.29, 1.82) is 0 Å². The first-order valence-electron chi connectivity index (χ1n) is 23.0. The van der Waals surface area contributed by atoms with Gasteiger partial charge in [-0.15, -0.1) is 0 Å². The van der Waals surface area contributed by atoms with Crippen molar-refractivity contribution in [2.24, 2.45) is 0 Å². The van der Waals surface area contributed by atoms with Crippen LogP contribution < -0.4 is 51.4 Å². The maximum Gasteiger partial charge on any atom is 1.00 e. The molecule has 1 aromatic carbocycles. The summed E-state index contributed by atoms with van der Waals surface area (Å²) in [6.45, 7) is 4.87. The molecule has 0 aliphatic carbocycles. The monoisotopic (exact) mass is 841 g/mol. The molecule has 0 spiro atoms. The van der Waals surface area contributed by atoms with E-state index < -0.39 is 27.0 Å². The number of allylic oxidation sites excluding steroid dienone is 4. The molecule has 0 aliphatic rings. The van der Waals surface area contributed by atoms with Crippen molar-refractivity contribution in [2.45, 2.75) is 224 Å². The number of rotatable bonds is 39. The Morgan fingerprint density at radius 3 is 1.11 bits per heavy atom. The summed E-state index contributed by atoms with van der Waals surface area (Å²) in [4.78, 5) is 25.3. The zero-order valence-electron chi connectivity index (χ0n) is 36.8. The number of unbranched alkanes of at least 4 members (excludes halogenated alkanes) is 28. The Morgan fingerprint density at radius 1 is 0.474 bits per heavy atom. The molecule has 9 heteroatoms. The molecule has 0 atom stereocenters. The molecule has 0 radical (unpaired) electrons. The quantitative estimate of drug-likeness (QED) is 0.0213. The summed E-state index contributed by atoms with van der Waals surface area (Å²) >= 11 is 0. The van der Waals surface area contributed by atoms with Gasteiger partial charge >= 0.3 is 63.3 Å². The van der Waals surface area contributed by atoms with E-state index in [-0.39, 0.29) is 75.7 Å². The Hall–Kier alpha value is -0.814. The van der Waals surface area contributed by atoms with Crippen LogP contribution in [0.1, 0.15) is 240 Å². The second-order valence-electron chi connectivity index (χ2n) is 15.7. The number of hydrogen-bond acceptors (Lipinski definition) is 7. The minimum atomic E-state index is -4.82. The third-order valence-electron chi connectivity index (χ3n) is 10.5. The van der Waals surface area contributed by atoms with Crippen molar-refractivity contribution >= 4 is 22.1 Å². The minimum Gasteiger partial charge on any atom is -0.744 e. The molecular formula is C48H81KO7S. The van der Waals surface area contributed by atoms with E-state index in [1.54, 1.807) is 0 Å².